The first kappa shape index (κ1) is 19.1. The van der Waals surface area contributed by atoms with Gasteiger partial charge < -0.3 is 10.6 Å². The number of nitrogens with one attached hydrogen (secondary N) is 2. The number of likely N-dealkylation sites (tertiary alicyclic amines) is 1. The van der Waals surface area contributed by atoms with Crippen LogP contribution >= 0.6 is 0 Å². The predicted octanol–water partition coefficient (Wildman–Crippen LogP) is 3.04. The summed E-state index contributed by atoms with van der Waals surface area (Å²) >= 11 is 0. The van der Waals surface area contributed by atoms with Crippen LogP contribution in [0.1, 0.15) is 25.3 Å². The number of hydrogen-bond acceptors (Lipinski definition) is 3. The molecular formula is C22H27N3O2. The lowest BCUT2D eigenvalue weighted by Crippen LogP contribution is -2.50. The minimum absolute atomic E-state index is 0.00275. The second-order valence-electron chi connectivity index (χ2n) is 7.07. The monoisotopic (exact) mass is 365 g/mol. The van der Waals surface area contributed by atoms with E-state index in [9.17, 15) is 9.59 Å². The number of para-hydroxylation sites is 1. The highest BCUT2D eigenvalue weighted by Crippen LogP contribution is 2.20. The quantitative estimate of drug-likeness (QED) is 0.827. The summed E-state index contributed by atoms with van der Waals surface area (Å²) < 4.78 is 0. The van der Waals surface area contributed by atoms with Crippen LogP contribution in [-0.4, -0.2) is 35.8 Å². The standard InChI is InChI=1S/C22H27N3O2/c1-17(21(26)23-15-18-9-4-2-5-10-18)25-14-8-11-19(16-25)22(27)24-20-12-6-3-7-13-20/h2-7,9-10,12-13,17,19H,8,11,14-16H2,1H3,(H,23,26)(H,24,27). The molecule has 2 unspecified atom stereocenters. The molecule has 1 aliphatic heterocycles. The lowest BCUT2D eigenvalue weighted by atomic mass is 9.95. The van der Waals surface area contributed by atoms with E-state index in [1.54, 1.807) is 0 Å². The molecule has 0 aliphatic carbocycles. The van der Waals surface area contributed by atoms with Gasteiger partial charge in [0, 0.05) is 18.8 Å². The van der Waals surface area contributed by atoms with Crippen LogP contribution in [0.3, 0.4) is 0 Å². The smallest absolute Gasteiger partial charge is 0.237 e. The largest absolute Gasteiger partial charge is 0.351 e. The maximum absolute atomic E-state index is 12.6. The average Bonchev–Trinajstić information content (AvgIpc) is 2.73. The van der Waals surface area contributed by atoms with Gasteiger partial charge in [-0.05, 0) is 44.0 Å². The Morgan fingerprint density at radius 2 is 1.74 bits per heavy atom. The molecule has 3 rings (SSSR count). The van der Waals surface area contributed by atoms with Crippen LogP contribution < -0.4 is 10.6 Å². The molecule has 0 spiro atoms. The maximum Gasteiger partial charge on any atom is 0.237 e. The number of carbonyl (C=O) groups is 2. The second-order valence-corrected chi connectivity index (χ2v) is 7.07. The lowest BCUT2D eigenvalue weighted by Gasteiger charge is -2.35. The molecule has 0 radical (unpaired) electrons. The van der Waals surface area contributed by atoms with Crippen LogP contribution in [0.5, 0.6) is 0 Å². The molecule has 2 atom stereocenters. The number of piperidine rings is 1. The number of anilines is 1. The Hall–Kier alpha value is -2.66. The van der Waals surface area contributed by atoms with Gasteiger partial charge in [-0.1, -0.05) is 48.5 Å². The third-order valence-corrected chi connectivity index (χ3v) is 5.10. The van der Waals surface area contributed by atoms with Crippen molar-refractivity contribution in [3.05, 3.63) is 66.2 Å². The van der Waals surface area contributed by atoms with Crippen molar-refractivity contribution >= 4 is 17.5 Å². The zero-order valence-electron chi connectivity index (χ0n) is 15.7. The molecule has 5 nitrogen and oxygen atoms in total. The van der Waals surface area contributed by atoms with Crippen LogP contribution in [0.15, 0.2) is 60.7 Å². The third-order valence-electron chi connectivity index (χ3n) is 5.10. The Morgan fingerprint density at radius 3 is 2.44 bits per heavy atom. The van der Waals surface area contributed by atoms with Gasteiger partial charge in [0.1, 0.15) is 0 Å². The fourth-order valence-corrected chi connectivity index (χ4v) is 3.44. The van der Waals surface area contributed by atoms with Crippen molar-refractivity contribution in [3.63, 3.8) is 0 Å². The molecule has 142 valence electrons. The molecule has 2 aromatic rings. The zero-order valence-corrected chi connectivity index (χ0v) is 15.7. The minimum atomic E-state index is -0.249. The Bertz CT molecular complexity index is 749. The van der Waals surface area contributed by atoms with Crippen LogP contribution in [-0.2, 0) is 16.1 Å². The van der Waals surface area contributed by atoms with E-state index in [4.69, 9.17) is 0 Å². The van der Waals surface area contributed by atoms with Crippen molar-refractivity contribution in [2.45, 2.75) is 32.4 Å². The normalized spacial score (nSPS) is 18.5. The lowest BCUT2D eigenvalue weighted by molar-refractivity contribution is -0.129. The van der Waals surface area contributed by atoms with E-state index in [2.05, 4.69) is 15.5 Å². The van der Waals surface area contributed by atoms with Gasteiger partial charge >= 0.3 is 0 Å². The van der Waals surface area contributed by atoms with E-state index in [0.717, 1.165) is 30.6 Å². The predicted molar refractivity (Wildman–Crippen MR) is 107 cm³/mol. The highest BCUT2D eigenvalue weighted by atomic mass is 16.2. The maximum atomic E-state index is 12.6. The van der Waals surface area contributed by atoms with E-state index in [1.165, 1.54) is 0 Å². The van der Waals surface area contributed by atoms with Gasteiger partial charge in [-0.25, -0.2) is 0 Å². The molecule has 0 bridgehead atoms. The van der Waals surface area contributed by atoms with E-state index < -0.39 is 0 Å². The summed E-state index contributed by atoms with van der Waals surface area (Å²) in [6, 6.07) is 19.1. The molecule has 0 aromatic heterocycles. The van der Waals surface area contributed by atoms with Gasteiger partial charge in [0.2, 0.25) is 11.8 Å². The Balaban J connectivity index is 1.51. The second kappa shape index (κ2) is 9.33. The van der Waals surface area contributed by atoms with Gasteiger partial charge in [-0.15, -0.1) is 0 Å². The van der Waals surface area contributed by atoms with Crippen LogP contribution in [0.25, 0.3) is 0 Å². The van der Waals surface area contributed by atoms with Crippen LogP contribution in [0.4, 0.5) is 5.69 Å². The van der Waals surface area contributed by atoms with Crippen molar-refractivity contribution < 1.29 is 9.59 Å². The first-order valence-corrected chi connectivity index (χ1v) is 9.55. The van der Waals surface area contributed by atoms with Crippen LogP contribution in [0.2, 0.25) is 0 Å². The third kappa shape index (κ3) is 5.41. The van der Waals surface area contributed by atoms with Crippen molar-refractivity contribution in [1.29, 1.82) is 0 Å². The van der Waals surface area contributed by atoms with E-state index >= 15 is 0 Å². The first-order chi connectivity index (χ1) is 13.1. The Kier molecular flexibility index (Phi) is 6.60. The first-order valence-electron chi connectivity index (χ1n) is 9.55. The molecule has 2 amide bonds. The number of amides is 2. The van der Waals surface area contributed by atoms with Gasteiger partial charge in [0.05, 0.1) is 12.0 Å². The molecule has 2 N–H and O–H groups in total. The van der Waals surface area contributed by atoms with Crippen LogP contribution in [0, 0.1) is 5.92 Å². The minimum Gasteiger partial charge on any atom is -0.351 e. The summed E-state index contributed by atoms with van der Waals surface area (Å²) in [7, 11) is 0. The molecule has 5 heteroatoms. The highest BCUT2D eigenvalue weighted by Gasteiger charge is 2.30. The molecule has 1 aliphatic rings. The Labute approximate surface area is 160 Å². The van der Waals surface area contributed by atoms with E-state index in [1.807, 2.05) is 67.6 Å². The van der Waals surface area contributed by atoms with Gasteiger partial charge in [0.15, 0.2) is 0 Å². The number of benzene rings is 2. The molecule has 27 heavy (non-hydrogen) atoms. The fourth-order valence-electron chi connectivity index (χ4n) is 3.44. The fraction of sp³-hybridized carbons (Fsp3) is 0.364. The van der Waals surface area contributed by atoms with Crippen molar-refractivity contribution in [3.8, 4) is 0 Å². The van der Waals surface area contributed by atoms with Crippen molar-refractivity contribution in [2.24, 2.45) is 5.92 Å². The van der Waals surface area contributed by atoms with Crippen molar-refractivity contribution in [2.75, 3.05) is 18.4 Å². The highest BCUT2D eigenvalue weighted by molar-refractivity contribution is 5.92. The molecule has 2 aromatic carbocycles. The summed E-state index contributed by atoms with van der Waals surface area (Å²) in [6.07, 6.45) is 1.77. The number of nitrogens with zero attached hydrogens (tertiary/aromatic N) is 1. The van der Waals surface area contributed by atoms with Gasteiger partial charge in [-0.3, -0.25) is 14.5 Å². The molecular weight excluding hydrogens is 338 g/mol. The Morgan fingerprint density at radius 1 is 1.07 bits per heavy atom. The summed E-state index contributed by atoms with van der Waals surface area (Å²) in [6.45, 7) is 3.89. The van der Waals surface area contributed by atoms with E-state index in [-0.39, 0.29) is 23.8 Å². The summed E-state index contributed by atoms with van der Waals surface area (Å²) in [4.78, 5) is 27.2. The topological polar surface area (TPSA) is 61.4 Å². The van der Waals surface area contributed by atoms with Gasteiger partial charge in [-0.2, -0.15) is 0 Å². The summed E-state index contributed by atoms with van der Waals surface area (Å²) in [5.74, 6) is -0.0610. The molecule has 1 heterocycles. The van der Waals surface area contributed by atoms with Crippen molar-refractivity contribution in [1.82, 2.24) is 10.2 Å². The number of carbonyl (C=O) groups excluding carboxylic acids is 2. The SMILES string of the molecule is CC(C(=O)NCc1ccccc1)N1CCCC(C(=O)Nc2ccccc2)C1. The summed E-state index contributed by atoms with van der Waals surface area (Å²) in [5, 5.41) is 5.98. The zero-order chi connectivity index (χ0) is 19.1. The molecule has 1 fully saturated rings. The van der Waals surface area contributed by atoms with E-state index in [0.29, 0.717) is 13.1 Å². The average molecular weight is 365 g/mol. The summed E-state index contributed by atoms with van der Waals surface area (Å²) in [5.41, 5.74) is 1.89. The molecule has 1 saturated heterocycles. The molecule has 0 saturated carbocycles. The number of rotatable bonds is 6. The number of hydrogen-bond donors (Lipinski definition) is 2. The van der Waals surface area contributed by atoms with Gasteiger partial charge in [0.25, 0.3) is 0 Å².